The molecule has 0 aliphatic carbocycles. The average molecular weight is 494 g/mol. The number of aryl methyl sites for hydroxylation is 1. The summed E-state index contributed by atoms with van der Waals surface area (Å²) in [6, 6.07) is 16.6. The molecule has 2 aliphatic heterocycles. The van der Waals surface area contributed by atoms with Crippen LogP contribution in [0.15, 0.2) is 66.2 Å². The van der Waals surface area contributed by atoms with E-state index < -0.39 is 17.7 Å². The van der Waals surface area contributed by atoms with E-state index in [2.05, 4.69) is 0 Å². The molecule has 0 radical (unpaired) electrons. The lowest BCUT2D eigenvalue weighted by Crippen LogP contribution is -2.29. The molecule has 0 bridgehead atoms. The molecule has 5 rings (SSSR count). The fourth-order valence-electron chi connectivity index (χ4n) is 4.53. The van der Waals surface area contributed by atoms with Gasteiger partial charge in [0.2, 0.25) is 0 Å². The van der Waals surface area contributed by atoms with E-state index >= 15 is 0 Å². The van der Waals surface area contributed by atoms with E-state index in [-0.39, 0.29) is 22.5 Å². The molecule has 2 heterocycles. The van der Waals surface area contributed by atoms with E-state index in [4.69, 9.17) is 27.9 Å². The number of anilines is 1. The molecule has 7 heteroatoms. The van der Waals surface area contributed by atoms with Gasteiger partial charge >= 0.3 is 0 Å². The van der Waals surface area contributed by atoms with Crippen molar-refractivity contribution in [1.82, 2.24) is 0 Å². The quantitative estimate of drug-likeness (QED) is 0.266. The first kappa shape index (κ1) is 22.5. The summed E-state index contributed by atoms with van der Waals surface area (Å²) in [4.78, 5) is 27.9. The first-order valence-electron chi connectivity index (χ1n) is 10.9. The molecule has 5 nitrogen and oxygen atoms in total. The van der Waals surface area contributed by atoms with Crippen LogP contribution in [0, 0.1) is 6.92 Å². The van der Waals surface area contributed by atoms with Crippen molar-refractivity contribution in [3.05, 3.63) is 98.5 Å². The molecular formula is C27H21Cl2NO4. The summed E-state index contributed by atoms with van der Waals surface area (Å²) in [5.41, 5.74) is 3.50. The minimum absolute atomic E-state index is 0.00382. The number of hydrogen-bond acceptors (Lipinski definition) is 4. The van der Waals surface area contributed by atoms with Gasteiger partial charge in [0.05, 0.1) is 21.7 Å². The number of Topliss-reactive ketones (excluding diaryl/α,β-unsaturated/α-hetero) is 1. The van der Waals surface area contributed by atoms with Gasteiger partial charge < -0.3 is 9.84 Å². The van der Waals surface area contributed by atoms with E-state index in [9.17, 15) is 14.7 Å². The second-order valence-electron chi connectivity index (χ2n) is 8.63. The van der Waals surface area contributed by atoms with Crippen molar-refractivity contribution in [2.24, 2.45) is 0 Å². The molecule has 2 atom stereocenters. The number of rotatable bonds is 3. The number of ketones is 1. The highest BCUT2D eigenvalue weighted by molar-refractivity contribution is 6.51. The van der Waals surface area contributed by atoms with Crippen LogP contribution >= 0.6 is 23.2 Å². The Kier molecular flexibility index (Phi) is 5.62. The number of carbonyl (C=O) groups is 2. The predicted octanol–water partition coefficient (Wildman–Crippen LogP) is 6.25. The van der Waals surface area contributed by atoms with Gasteiger partial charge in [0.25, 0.3) is 11.7 Å². The molecule has 1 N–H and O–H groups in total. The van der Waals surface area contributed by atoms with Crippen molar-refractivity contribution >= 4 is 46.3 Å². The van der Waals surface area contributed by atoms with Gasteiger partial charge in [-0.3, -0.25) is 14.5 Å². The van der Waals surface area contributed by atoms with Crippen LogP contribution in [0.2, 0.25) is 10.0 Å². The van der Waals surface area contributed by atoms with Crippen molar-refractivity contribution in [2.75, 3.05) is 4.90 Å². The number of fused-ring (bicyclic) bond motifs is 1. The van der Waals surface area contributed by atoms with Gasteiger partial charge in [-0.05, 0) is 67.4 Å². The molecule has 3 aromatic rings. The molecule has 0 aromatic heterocycles. The number of aliphatic hydroxyl groups is 1. The van der Waals surface area contributed by atoms with Crippen LogP contribution in [0.5, 0.6) is 5.75 Å². The summed E-state index contributed by atoms with van der Waals surface area (Å²) < 4.78 is 5.75. The van der Waals surface area contributed by atoms with Crippen LogP contribution < -0.4 is 9.64 Å². The van der Waals surface area contributed by atoms with Gasteiger partial charge in [0.1, 0.15) is 17.6 Å². The number of amides is 1. The molecule has 1 fully saturated rings. The Morgan fingerprint density at radius 3 is 2.44 bits per heavy atom. The lowest BCUT2D eigenvalue weighted by molar-refractivity contribution is -0.132. The molecule has 1 saturated heterocycles. The normalized spacial score (nSPS) is 21.0. The van der Waals surface area contributed by atoms with Crippen LogP contribution in [0.25, 0.3) is 5.76 Å². The Morgan fingerprint density at radius 1 is 1.00 bits per heavy atom. The van der Waals surface area contributed by atoms with Gasteiger partial charge in [-0.25, -0.2) is 0 Å². The number of benzene rings is 3. The summed E-state index contributed by atoms with van der Waals surface area (Å²) >= 11 is 12.4. The Hall–Kier alpha value is -3.28. The molecule has 34 heavy (non-hydrogen) atoms. The summed E-state index contributed by atoms with van der Waals surface area (Å²) in [5.74, 6) is -0.976. The lowest BCUT2D eigenvalue weighted by atomic mass is 9.94. The molecule has 1 amide bonds. The van der Waals surface area contributed by atoms with Crippen LogP contribution in [-0.4, -0.2) is 22.9 Å². The fourth-order valence-corrected chi connectivity index (χ4v) is 4.83. The maximum atomic E-state index is 13.3. The topological polar surface area (TPSA) is 66.8 Å². The van der Waals surface area contributed by atoms with Crippen molar-refractivity contribution in [3.63, 3.8) is 0 Å². The number of nitrogens with zero attached hydrogens (tertiary/aromatic N) is 1. The second-order valence-corrected chi connectivity index (χ2v) is 9.45. The monoisotopic (exact) mass is 493 g/mol. The smallest absolute Gasteiger partial charge is 0.300 e. The molecule has 3 aromatic carbocycles. The first-order valence-corrected chi connectivity index (χ1v) is 11.6. The van der Waals surface area contributed by atoms with Gasteiger partial charge in [-0.15, -0.1) is 0 Å². The third kappa shape index (κ3) is 3.75. The van der Waals surface area contributed by atoms with E-state index in [1.54, 1.807) is 48.5 Å². The molecular weight excluding hydrogens is 473 g/mol. The van der Waals surface area contributed by atoms with E-state index in [0.717, 1.165) is 16.9 Å². The third-order valence-electron chi connectivity index (χ3n) is 6.19. The summed E-state index contributed by atoms with van der Waals surface area (Å²) in [7, 11) is 0. The summed E-state index contributed by atoms with van der Waals surface area (Å²) in [5, 5.41) is 12.0. The summed E-state index contributed by atoms with van der Waals surface area (Å²) in [6.07, 6.45) is 0.736. The predicted molar refractivity (Wildman–Crippen MR) is 133 cm³/mol. The minimum atomic E-state index is -0.874. The van der Waals surface area contributed by atoms with Crippen molar-refractivity contribution in [1.29, 1.82) is 0 Å². The largest absolute Gasteiger partial charge is 0.507 e. The number of halogens is 2. The zero-order valence-electron chi connectivity index (χ0n) is 18.5. The SMILES string of the molecule is Cc1ccc(N2C(=O)C(=O)/C(=C(\O)c3ccc4c(c3)CC(C)O4)C2c2ccc(Cl)c(Cl)c2)cc1. The van der Waals surface area contributed by atoms with Crippen molar-refractivity contribution < 1.29 is 19.4 Å². The Balaban J connectivity index is 1.70. The second kappa shape index (κ2) is 8.49. The Labute approximate surface area is 207 Å². The van der Waals surface area contributed by atoms with Gasteiger partial charge in [-0.2, -0.15) is 0 Å². The average Bonchev–Trinajstić information content (AvgIpc) is 3.31. The number of carbonyl (C=O) groups excluding carboxylic acids is 2. The van der Waals surface area contributed by atoms with E-state index in [1.807, 2.05) is 26.0 Å². The highest BCUT2D eigenvalue weighted by atomic mass is 35.5. The zero-order chi connectivity index (χ0) is 24.1. The van der Waals surface area contributed by atoms with Crippen molar-refractivity contribution in [2.45, 2.75) is 32.4 Å². The maximum absolute atomic E-state index is 13.3. The number of ether oxygens (including phenoxy) is 1. The van der Waals surface area contributed by atoms with Crippen molar-refractivity contribution in [3.8, 4) is 5.75 Å². The fraction of sp³-hybridized carbons (Fsp3) is 0.185. The first-order chi connectivity index (χ1) is 16.2. The number of hydrogen-bond donors (Lipinski definition) is 1. The van der Waals surface area contributed by atoms with E-state index in [0.29, 0.717) is 28.3 Å². The Bertz CT molecular complexity index is 1360. The van der Waals surface area contributed by atoms with Gasteiger partial charge in [-0.1, -0.05) is 47.0 Å². The van der Waals surface area contributed by atoms with Gasteiger partial charge in [0, 0.05) is 17.7 Å². The zero-order valence-corrected chi connectivity index (χ0v) is 20.0. The highest BCUT2D eigenvalue weighted by Gasteiger charge is 2.47. The van der Waals surface area contributed by atoms with E-state index in [1.165, 1.54) is 4.90 Å². The molecule has 2 aliphatic rings. The number of aliphatic hydroxyl groups excluding tert-OH is 1. The standard InChI is InChI=1S/C27H21Cl2NO4/c1-14-3-7-19(8-4-14)30-24(16-5-9-20(28)21(29)13-16)23(26(32)27(30)33)25(31)17-6-10-22-18(12-17)11-15(2)34-22/h3-10,12-13,15,24,31H,11H2,1-2H3/b25-23-. The van der Waals surface area contributed by atoms with Crippen LogP contribution in [0.4, 0.5) is 5.69 Å². The Morgan fingerprint density at radius 2 is 1.74 bits per heavy atom. The maximum Gasteiger partial charge on any atom is 0.300 e. The van der Waals surface area contributed by atoms with Crippen LogP contribution in [-0.2, 0) is 16.0 Å². The van der Waals surface area contributed by atoms with Crippen LogP contribution in [0.1, 0.15) is 35.2 Å². The molecule has 172 valence electrons. The van der Waals surface area contributed by atoms with Crippen LogP contribution in [0.3, 0.4) is 0 Å². The molecule has 0 saturated carbocycles. The highest BCUT2D eigenvalue weighted by Crippen LogP contribution is 2.44. The molecule has 0 spiro atoms. The van der Waals surface area contributed by atoms with Gasteiger partial charge in [0.15, 0.2) is 0 Å². The summed E-state index contributed by atoms with van der Waals surface area (Å²) in [6.45, 7) is 3.91. The third-order valence-corrected chi connectivity index (χ3v) is 6.92. The lowest BCUT2D eigenvalue weighted by Gasteiger charge is -2.26. The molecule has 2 unspecified atom stereocenters. The minimum Gasteiger partial charge on any atom is -0.507 e.